The molecule has 0 aromatic heterocycles. The number of rotatable bonds is 11. The van der Waals surface area contributed by atoms with Crippen LogP contribution in [0, 0.1) is 0 Å². The van der Waals surface area contributed by atoms with Crippen molar-refractivity contribution >= 4 is 0 Å². The number of hydrogen-bond acceptors (Lipinski definition) is 3. The molecule has 15 heavy (non-hydrogen) atoms. The molecule has 3 heteroatoms. The third-order valence-corrected chi connectivity index (χ3v) is 2.67. The lowest BCUT2D eigenvalue weighted by Gasteiger charge is -2.15. The lowest BCUT2D eigenvalue weighted by molar-refractivity contribution is 0.217. The number of aliphatic hydroxyl groups is 2. The lowest BCUT2D eigenvalue weighted by Crippen LogP contribution is -2.34. The number of hydrogen-bond donors (Lipinski definition) is 3. The molecule has 0 aliphatic carbocycles. The van der Waals surface area contributed by atoms with Crippen molar-refractivity contribution in [1.29, 1.82) is 0 Å². The van der Waals surface area contributed by atoms with Gasteiger partial charge in [0.05, 0.1) is 13.2 Å². The topological polar surface area (TPSA) is 52.5 Å². The Morgan fingerprint density at radius 3 is 2.27 bits per heavy atom. The molecule has 0 amide bonds. The molecule has 0 aliphatic heterocycles. The molecule has 0 aromatic carbocycles. The second kappa shape index (κ2) is 12.0. The van der Waals surface area contributed by atoms with Crippen LogP contribution in [-0.4, -0.2) is 36.0 Å². The van der Waals surface area contributed by atoms with Crippen molar-refractivity contribution in [3.05, 3.63) is 0 Å². The van der Waals surface area contributed by atoms with Crippen molar-refractivity contribution in [3.8, 4) is 0 Å². The Balaban J connectivity index is 3.22. The first-order chi connectivity index (χ1) is 7.35. The minimum atomic E-state index is 0.146. The number of unbranched alkanes of at least 4 members (excludes halogenated alkanes) is 5. The van der Waals surface area contributed by atoms with E-state index in [1.807, 2.05) is 0 Å². The van der Waals surface area contributed by atoms with Crippen LogP contribution in [0.3, 0.4) is 0 Å². The highest BCUT2D eigenvalue weighted by Crippen LogP contribution is 2.08. The molecule has 0 fully saturated rings. The van der Waals surface area contributed by atoms with Gasteiger partial charge in [-0.1, -0.05) is 45.4 Å². The first-order valence-electron chi connectivity index (χ1n) is 6.30. The van der Waals surface area contributed by atoms with E-state index in [2.05, 4.69) is 12.2 Å². The van der Waals surface area contributed by atoms with Gasteiger partial charge in [-0.25, -0.2) is 0 Å². The maximum Gasteiger partial charge on any atom is 0.0584 e. The standard InChI is InChI=1S/C12H27NO2/c1-2-3-4-5-6-7-8-12(11-15)13-9-10-14/h12-15H,2-11H2,1H3. The van der Waals surface area contributed by atoms with Crippen molar-refractivity contribution in [3.63, 3.8) is 0 Å². The summed E-state index contributed by atoms with van der Waals surface area (Å²) < 4.78 is 0. The van der Waals surface area contributed by atoms with Crippen molar-refractivity contribution in [2.24, 2.45) is 0 Å². The molecule has 0 bridgehead atoms. The van der Waals surface area contributed by atoms with E-state index < -0.39 is 0 Å². The van der Waals surface area contributed by atoms with E-state index in [1.165, 1.54) is 38.5 Å². The minimum absolute atomic E-state index is 0.146. The molecule has 3 N–H and O–H groups in total. The average molecular weight is 217 g/mol. The minimum Gasteiger partial charge on any atom is -0.395 e. The fourth-order valence-electron chi connectivity index (χ4n) is 1.70. The van der Waals surface area contributed by atoms with Crippen LogP contribution in [0.2, 0.25) is 0 Å². The maximum atomic E-state index is 9.05. The Bertz CT molecular complexity index is 120. The van der Waals surface area contributed by atoms with Crippen molar-refractivity contribution in [1.82, 2.24) is 5.32 Å². The second-order valence-corrected chi connectivity index (χ2v) is 4.11. The van der Waals surface area contributed by atoms with Gasteiger partial charge in [0.25, 0.3) is 0 Å². The Hall–Kier alpha value is -0.120. The molecule has 0 spiro atoms. The smallest absolute Gasteiger partial charge is 0.0584 e. The summed E-state index contributed by atoms with van der Waals surface area (Å²) >= 11 is 0. The Kier molecular flexibility index (Phi) is 11.9. The highest BCUT2D eigenvalue weighted by atomic mass is 16.3. The molecule has 1 unspecified atom stereocenters. The monoisotopic (exact) mass is 217 g/mol. The quantitative estimate of drug-likeness (QED) is 0.462. The predicted octanol–water partition coefficient (Wildman–Crippen LogP) is 1.68. The normalized spacial score (nSPS) is 13.0. The number of nitrogens with one attached hydrogen (secondary N) is 1. The fraction of sp³-hybridized carbons (Fsp3) is 1.00. The highest BCUT2D eigenvalue weighted by Gasteiger charge is 2.04. The highest BCUT2D eigenvalue weighted by molar-refractivity contribution is 4.64. The van der Waals surface area contributed by atoms with Crippen LogP contribution in [0.15, 0.2) is 0 Å². The van der Waals surface area contributed by atoms with E-state index in [9.17, 15) is 0 Å². The molecular weight excluding hydrogens is 190 g/mol. The Labute approximate surface area is 93.9 Å². The molecule has 0 aromatic rings. The Morgan fingerprint density at radius 2 is 1.67 bits per heavy atom. The number of aliphatic hydroxyl groups excluding tert-OH is 2. The molecule has 3 nitrogen and oxygen atoms in total. The SMILES string of the molecule is CCCCCCCCC(CO)NCCO. The molecule has 92 valence electrons. The van der Waals surface area contributed by atoms with E-state index in [4.69, 9.17) is 10.2 Å². The largest absolute Gasteiger partial charge is 0.395 e. The maximum absolute atomic E-state index is 9.05. The summed E-state index contributed by atoms with van der Waals surface area (Å²) in [6, 6.07) is 0.170. The molecule has 0 saturated carbocycles. The van der Waals surface area contributed by atoms with Gasteiger partial charge in [0, 0.05) is 12.6 Å². The lowest BCUT2D eigenvalue weighted by atomic mass is 10.1. The molecular formula is C12H27NO2. The van der Waals surface area contributed by atoms with Gasteiger partial charge in [-0.3, -0.25) is 0 Å². The molecule has 0 aliphatic rings. The van der Waals surface area contributed by atoms with E-state index in [0.717, 1.165) is 6.42 Å². The summed E-state index contributed by atoms with van der Waals surface area (Å²) in [5.74, 6) is 0. The van der Waals surface area contributed by atoms with Crippen LogP contribution in [0.25, 0.3) is 0 Å². The Morgan fingerprint density at radius 1 is 1.00 bits per heavy atom. The molecule has 0 heterocycles. The van der Waals surface area contributed by atoms with Gasteiger partial charge in [-0.15, -0.1) is 0 Å². The molecule has 1 atom stereocenters. The van der Waals surface area contributed by atoms with E-state index >= 15 is 0 Å². The molecule has 0 saturated heterocycles. The zero-order valence-corrected chi connectivity index (χ0v) is 10.0. The van der Waals surface area contributed by atoms with Crippen LogP contribution in [0.5, 0.6) is 0 Å². The van der Waals surface area contributed by atoms with Gasteiger partial charge in [0.2, 0.25) is 0 Å². The fourth-order valence-corrected chi connectivity index (χ4v) is 1.70. The first-order valence-corrected chi connectivity index (χ1v) is 6.30. The zero-order valence-electron chi connectivity index (χ0n) is 10.0. The van der Waals surface area contributed by atoms with Gasteiger partial charge in [-0.2, -0.15) is 0 Å². The van der Waals surface area contributed by atoms with Crippen molar-refractivity contribution in [2.45, 2.75) is 57.9 Å². The summed E-state index contributed by atoms with van der Waals surface area (Å²) in [5, 5.41) is 20.8. The average Bonchev–Trinajstić information content (AvgIpc) is 2.27. The summed E-state index contributed by atoms with van der Waals surface area (Å²) in [4.78, 5) is 0. The van der Waals surface area contributed by atoms with Gasteiger partial charge in [0.15, 0.2) is 0 Å². The van der Waals surface area contributed by atoms with Crippen LogP contribution >= 0.6 is 0 Å². The zero-order chi connectivity index (χ0) is 11.4. The van der Waals surface area contributed by atoms with Crippen LogP contribution in [-0.2, 0) is 0 Å². The van der Waals surface area contributed by atoms with Crippen molar-refractivity contribution in [2.75, 3.05) is 19.8 Å². The third kappa shape index (κ3) is 10.2. The van der Waals surface area contributed by atoms with Crippen LogP contribution < -0.4 is 5.32 Å². The summed E-state index contributed by atoms with van der Waals surface area (Å²) in [6.07, 6.45) is 8.73. The summed E-state index contributed by atoms with van der Waals surface area (Å²) in [6.45, 7) is 3.13. The second-order valence-electron chi connectivity index (χ2n) is 4.11. The third-order valence-electron chi connectivity index (χ3n) is 2.67. The van der Waals surface area contributed by atoms with Gasteiger partial charge in [0.1, 0.15) is 0 Å². The first kappa shape index (κ1) is 14.9. The van der Waals surface area contributed by atoms with Gasteiger partial charge < -0.3 is 15.5 Å². The molecule has 0 rings (SSSR count). The summed E-state index contributed by atoms with van der Waals surface area (Å²) in [7, 11) is 0. The van der Waals surface area contributed by atoms with E-state index in [-0.39, 0.29) is 19.3 Å². The van der Waals surface area contributed by atoms with Crippen LogP contribution in [0.4, 0.5) is 0 Å². The van der Waals surface area contributed by atoms with E-state index in [0.29, 0.717) is 6.54 Å². The summed E-state index contributed by atoms with van der Waals surface area (Å²) in [5.41, 5.74) is 0. The van der Waals surface area contributed by atoms with E-state index in [1.54, 1.807) is 0 Å². The predicted molar refractivity (Wildman–Crippen MR) is 64.0 cm³/mol. The van der Waals surface area contributed by atoms with Crippen molar-refractivity contribution < 1.29 is 10.2 Å². The van der Waals surface area contributed by atoms with Gasteiger partial charge >= 0.3 is 0 Å². The van der Waals surface area contributed by atoms with Gasteiger partial charge in [-0.05, 0) is 6.42 Å². The van der Waals surface area contributed by atoms with Crippen LogP contribution in [0.1, 0.15) is 51.9 Å². The molecule has 0 radical (unpaired) electrons.